The standard InChI is InChI=1S/C16H20ClN3O/c1-12-15(10-17)16(19(2)14-8-9-21-11-14)20(18-12)13-6-4-3-5-7-13/h3-7,14H,8-11H2,1-2H3. The molecule has 3 rings (SSSR count). The Morgan fingerprint density at radius 3 is 2.76 bits per heavy atom. The van der Waals surface area contributed by atoms with Crippen LogP contribution in [0, 0.1) is 6.92 Å². The van der Waals surface area contributed by atoms with E-state index < -0.39 is 0 Å². The summed E-state index contributed by atoms with van der Waals surface area (Å²) in [6.07, 6.45) is 1.04. The molecule has 1 unspecified atom stereocenters. The fourth-order valence-corrected chi connectivity index (χ4v) is 3.13. The molecule has 1 aromatic carbocycles. The van der Waals surface area contributed by atoms with Gasteiger partial charge in [-0.2, -0.15) is 5.10 Å². The van der Waals surface area contributed by atoms with Crippen LogP contribution < -0.4 is 4.90 Å². The summed E-state index contributed by atoms with van der Waals surface area (Å²) < 4.78 is 7.51. The third-order valence-electron chi connectivity index (χ3n) is 4.08. The van der Waals surface area contributed by atoms with Crippen molar-refractivity contribution in [2.75, 3.05) is 25.2 Å². The van der Waals surface area contributed by atoms with E-state index >= 15 is 0 Å². The average molecular weight is 306 g/mol. The topological polar surface area (TPSA) is 30.3 Å². The van der Waals surface area contributed by atoms with Crippen LogP contribution in [-0.2, 0) is 10.6 Å². The number of para-hydroxylation sites is 1. The van der Waals surface area contributed by atoms with E-state index in [1.165, 1.54) is 0 Å². The minimum atomic E-state index is 0.380. The Kier molecular flexibility index (Phi) is 4.17. The molecule has 1 saturated heterocycles. The largest absolute Gasteiger partial charge is 0.379 e. The molecule has 1 atom stereocenters. The molecule has 4 nitrogen and oxygen atoms in total. The maximum atomic E-state index is 6.18. The Hall–Kier alpha value is -1.52. The van der Waals surface area contributed by atoms with Crippen LogP contribution in [-0.4, -0.2) is 36.1 Å². The summed E-state index contributed by atoms with van der Waals surface area (Å²) in [5.74, 6) is 1.54. The number of hydrogen-bond donors (Lipinski definition) is 0. The summed E-state index contributed by atoms with van der Waals surface area (Å²) in [4.78, 5) is 2.26. The molecule has 0 spiro atoms. The highest BCUT2D eigenvalue weighted by molar-refractivity contribution is 6.17. The van der Waals surface area contributed by atoms with Gasteiger partial charge in [-0.1, -0.05) is 18.2 Å². The van der Waals surface area contributed by atoms with E-state index in [-0.39, 0.29) is 0 Å². The van der Waals surface area contributed by atoms with Gasteiger partial charge in [0.05, 0.1) is 29.9 Å². The molecule has 5 heteroatoms. The molecule has 1 aromatic heterocycles. The predicted octanol–water partition coefficient (Wildman–Crippen LogP) is 3.14. The van der Waals surface area contributed by atoms with Crippen LogP contribution in [0.4, 0.5) is 5.82 Å². The number of alkyl halides is 1. The van der Waals surface area contributed by atoms with E-state index in [4.69, 9.17) is 21.4 Å². The second-order valence-corrected chi connectivity index (χ2v) is 5.66. The molecule has 112 valence electrons. The van der Waals surface area contributed by atoms with Crippen molar-refractivity contribution >= 4 is 17.4 Å². The van der Waals surface area contributed by atoms with Crippen LogP contribution in [0.5, 0.6) is 0 Å². The molecule has 0 bridgehead atoms. The molecule has 2 heterocycles. The van der Waals surface area contributed by atoms with Gasteiger partial charge in [-0.15, -0.1) is 11.6 Å². The molecule has 1 aliphatic rings. The molecule has 0 saturated carbocycles. The van der Waals surface area contributed by atoms with E-state index in [0.29, 0.717) is 11.9 Å². The average Bonchev–Trinajstić information content (AvgIpc) is 3.15. The van der Waals surface area contributed by atoms with Gasteiger partial charge < -0.3 is 9.64 Å². The second-order valence-electron chi connectivity index (χ2n) is 5.40. The Labute approximate surface area is 130 Å². The van der Waals surface area contributed by atoms with Crippen molar-refractivity contribution in [3.05, 3.63) is 41.6 Å². The Balaban J connectivity index is 2.08. The fourth-order valence-electron chi connectivity index (χ4n) is 2.82. The van der Waals surface area contributed by atoms with Crippen molar-refractivity contribution in [3.8, 4) is 5.69 Å². The molecule has 21 heavy (non-hydrogen) atoms. The van der Waals surface area contributed by atoms with Crippen LogP contribution in [0.3, 0.4) is 0 Å². The van der Waals surface area contributed by atoms with Crippen molar-refractivity contribution in [1.82, 2.24) is 9.78 Å². The molecular weight excluding hydrogens is 286 g/mol. The van der Waals surface area contributed by atoms with Gasteiger partial charge in [0, 0.05) is 19.2 Å². The summed E-state index contributed by atoms with van der Waals surface area (Å²) in [5.41, 5.74) is 3.13. The number of likely N-dealkylation sites (N-methyl/N-ethyl adjacent to an activating group) is 1. The molecule has 0 radical (unpaired) electrons. The molecule has 1 fully saturated rings. The number of aromatic nitrogens is 2. The highest BCUT2D eigenvalue weighted by Crippen LogP contribution is 2.30. The van der Waals surface area contributed by atoms with Gasteiger partial charge in [-0.25, -0.2) is 4.68 Å². The van der Waals surface area contributed by atoms with Crippen LogP contribution >= 0.6 is 11.6 Å². The summed E-state index contributed by atoms with van der Waals surface area (Å²) in [6.45, 7) is 3.60. The normalized spacial score (nSPS) is 18.1. The molecule has 0 aliphatic carbocycles. The minimum absolute atomic E-state index is 0.380. The SMILES string of the molecule is Cc1nn(-c2ccccc2)c(N(C)C2CCOC2)c1CCl. The Bertz CT molecular complexity index is 605. The van der Waals surface area contributed by atoms with Gasteiger partial charge in [0.1, 0.15) is 5.82 Å². The third-order valence-corrected chi connectivity index (χ3v) is 4.35. The molecule has 0 N–H and O–H groups in total. The smallest absolute Gasteiger partial charge is 0.137 e. The fraction of sp³-hybridized carbons (Fsp3) is 0.438. The van der Waals surface area contributed by atoms with Crippen molar-refractivity contribution < 1.29 is 4.74 Å². The summed E-state index contributed by atoms with van der Waals surface area (Å²) in [7, 11) is 2.10. The van der Waals surface area contributed by atoms with Gasteiger partial charge in [0.25, 0.3) is 0 Å². The van der Waals surface area contributed by atoms with Crippen molar-refractivity contribution in [2.45, 2.75) is 25.3 Å². The summed E-state index contributed by atoms with van der Waals surface area (Å²) in [5, 5.41) is 4.69. The number of ether oxygens (including phenoxy) is 1. The maximum absolute atomic E-state index is 6.18. The number of rotatable bonds is 4. The predicted molar refractivity (Wildman–Crippen MR) is 85.5 cm³/mol. The van der Waals surface area contributed by atoms with Gasteiger partial charge in [0.15, 0.2) is 0 Å². The zero-order valence-electron chi connectivity index (χ0n) is 12.4. The first-order chi connectivity index (χ1) is 10.2. The van der Waals surface area contributed by atoms with Gasteiger partial charge in [-0.05, 0) is 25.5 Å². The van der Waals surface area contributed by atoms with E-state index in [1.807, 2.05) is 29.8 Å². The molecule has 0 amide bonds. The van der Waals surface area contributed by atoms with Crippen LogP contribution in [0.15, 0.2) is 30.3 Å². The van der Waals surface area contributed by atoms with Crippen LogP contribution in [0.2, 0.25) is 0 Å². The quantitative estimate of drug-likeness (QED) is 0.813. The summed E-state index contributed by atoms with van der Waals surface area (Å²) in [6, 6.07) is 10.6. The molecular formula is C16H20ClN3O. The first kappa shape index (κ1) is 14.4. The lowest BCUT2D eigenvalue weighted by Crippen LogP contribution is -2.34. The highest BCUT2D eigenvalue weighted by Gasteiger charge is 2.27. The zero-order chi connectivity index (χ0) is 14.8. The van der Waals surface area contributed by atoms with Gasteiger partial charge in [0.2, 0.25) is 0 Å². The zero-order valence-corrected chi connectivity index (χ0v) is 13.2. The summed E-state index contributed by atoms with van der Waals surface area (Å²) >= 11 is 6.18. The monoisotopic (exact) mass is 305 g/mol. The maximum Gasteiger partial charge on any atom is 0.137 e. The number of halogens is 1. The lowest BCUT2D eigenvalue weighted by molar-refractivity contribution is 0.193. The van der Waals surface area contributed by atoms with Gasteiger partial charge in [-0.3, -0.25) is 0 Å². The van der Waals surface area contributed by atoms with Crippen LogP contribution in [0.1, 0.15) is 17.7 Å². The van der Waals surface area contributed by atoms with E-state index in [2.05, 4.69) is 24.1 Å². The first-order valence-electron chi connectivity index (χ1n) is 7.23. The molecule has 1 aliphatic heterocycles. The Morgan fingerprint density at radius 1 is 1.38 bits per heavy atom. The van der Waals surface area contributed by atoms with E-state index in [1.54, 1.807) is 0 Å². The third kappa shape index (κ3) is 2.65. The number of benzene rings is 1. The van der Waals surface area contributed by atoms with Crippen LogP contribution in [0.25, 0.3) is 5.69 Å². The number of anilines is 1. The minimum Gasteiger partial charge on any atom is -0.379 e. The molecule has 2 aromatic rings. The number of aryl methyl sites for hydroxylation is 1. The van der Waals surface area contributed by atoms with E-state index in [0.717, 1.165) is 42.4 Å². The van der Waals surface area contributed by atoms with Crippen molar-refractivity contribution in [1.29, 1.82) is 0 Å². The van der Waals surface area contributed by atoms with Gasteiger partial charge >= 0.3 is 0 Å². The van der Waals surface area contributed by atoms with E-state index in [9.17, 15) is 0 Å². The lowest BCUT2D eigenvalue weighted by atomic mass is 10.2. The Morgan fingerprint density at radius 2 is 2.14 bits per heavy atom. The number of nitrogens with zero attached hydrogens (tertiary/aromatic N) is 3. The number of hydrogen-bond acceptors (Lipinski definition) is 3. The van der Waals surface area contributed by atoms with Crippen molar-refractivity contribution in [2.24, 2.45) is 0 Å². The second kappa shape index (κ2) is 6.08. The highest BCUT2D eigenvalue weighted by atomic mass is 35.5. The first-order valence-corrected chi connectivity index (χ1v) is 7.76. The van der Waals surface area contributed by atoms with Crippen molar-refractivity contribution in [3.63, 3.8) is 0 Å². The lowest BCUT2D eigenvalue weighted by Gasteiger charge is -2.27.